The first-order chi connectivity index (χ1) is 12.1. The van der Waals surface area contributed by atoms with Gasteiger partial charge in [0.1, 0.15) is 12.3 Å². The van der Waals surface area contributed by atoms with Crippen LogP contribution in [-0.4, -0.2) is 43.6 Å². The predicted octanol–water partition coefficient (Wildman–Crippen LogP) is 2.94. The van der Waals surface area contributed by atoms with Crippen LogP contribution in [0.25, 0.3) is 0 Å². The van der Waals surface area contributed by atoms with E-state index >= 15 is 0 Å². The molecule has 0 saturated heterocycles. The number of hydrogen-bond donors (Lipinski definition) is 0. The first-order valence-corrected chi connectivity index (χ1v) is 8.28. The van der Waals surface area contributed by atoms with Gasteiger partial charge in [-0.25, -0.2) is 0 Å². The van der Waals surface area contributed by atoms with Crippen LogP contribution in [0.1, 0.15) is 22.8 Å². The minimum Gasteiger partial charge on any atom is -0.493 e. The van der Waals surface area contributed by atoms with Gasteiger partial charge in [-0.15, -0.1) is 0 Å². The molecule has 0 bridgehead atoms. The SMILES string of the molecule is CCOC(=O)CN(C)C(=O)c1cccc(OCCc2ccccc2)c1. The number of hydrogen-bond acceptors (Lipinski definition) is 4. The molecule has 5 nitrogen and oxygen atoms in total. The lowest BCUT2D eigenvalue weighted by molar-refractivity contribution is -0.143. The Morgan fingerprint density at radius 1 is 1.04 bits per heavy atom. The zero-order valence-electron chi connectivity index (χ0n) is 14.6. The van der Waals surface area contributed by atoms with Crippen LogP contribution in [-0.2, 0) is 16.0 Å². The second kappa shape index (κ2) is 9.47. The maximum atomic E-state index is 12.4. The molecule has 0 unspecified atom stereocenters. The monoisotopic (exact) mass is 341 g/mol. The number of likely N-dealkylation sites (N-methyl/N-ethyl adjacent to an activating group) is 1. The number of nitrogens with zero attached hydrogens (tertiary/aromatic N) is 1. The normalized spacial score (nSPS) is 10.2. The highest BCUT2D eigenvalue weighted by Crippen LogP contribution is 2.15. The molecule has 2 rings (SSSR count). The maximum Gasteiger partial charge on any atom is 0.325 e. The van der Waals surface area contributed by atoms with Gasteiger partial charge in [0.15, 0.2) is 0 Å². The van der Waals surface area contributed by atoms with Crippen molar-refractivity contribution >= 4 is 11.9 Å². The summed E-state index contributed by atoms with van der Waals surface area (Å²) in [5.41, 5.74) is 1.67. The number of carbonyl (C=O) groups is 2. The summed E-state index contributed by atoms with van der Waals surface area (Å²) in [5.74, 6) is -0.0403. The van der Waals surface area contributed by atoms with Crippen molar-refractivity contribution in [2.75, 3.05) is 26.8 Å². The highest BCUT2D eigenvalue weighted by atomic mass is 16.5. The number of esters is 1. The van der Waals surface area contributed by atoms with E-state index in [1.54, 1.807) is 32.2 Å². The van der Waals surface area contributed by atoms with Gasteiger partial charge in [0.25, 0.3) is 5.91 Å². The number of ether oxygens (including phenoxy) is 2. The Labute approximate surface area is 148 Å². The molecule has 0 fully saturated rings. The van der Waals surface area contributed by atoms with Gasteiger partial charge < -0.3 is 14.4 Å². The van der Waals surface area contributed by atoms with Gasteiger partial charge in [0.2, 0.25) is 0 Å². The molecule has 1 amide bonds. The van der Waals surface area contributed by atoms with Crippen molar-refractivity contribution in [1.29, 1.82) is 0 Å². The van der Waals surface area contributed by atoms with E-state index in [1.807, 2.05) is 36.4 Å². The summed E-state index contributed by atoms with van der Waals surface area (Å²) in [4.78, 5) is 25.2. The van der Waals surface area contributed by atoms with E-state index in [-0.39, 0.29) is 12.5 Å². The number of carbonyl (C=O) groups excluding carboxylic acids is 2. The van der Waals surface area contributed by atoms with Gasteiger partial charge in [0, 0.05) is 19.0 Å². The maximum absolute atomic E-state index is 12.4. The van der Waals surface area contributed by atoms with Gasteiger partial charge in [-0.05, 0) is 30.7 Å². The van der Waals surface area contributed by atoms with Gasteiger partial charge >= 0.3 is 5.97 Å². The minimum atomic E-state index is -0.423. The third-order valence-electron chi connectivity index (χ3n) is 3.60. The Kier molecular flexibility index (Phi) is 7.01. The van der Waals surface area contributed by atoms with E-state index in [4.69, 9.17) is 9.47 Å². The van der Waals surface area contributed by atoms with Crippen molar-refractivity contribution in [3.63, 3.8) is 0 Å². The average molecular weight is 341 g/mol. The molecule has 0 aromatic heterocycles. The van der Waals surface area contributed by atoms with E-state index in [9.17, 15) is 9.59 Å². The quantitative estimate of drug-likeness (QED) is 0.693. The first-order valence-electron chi connectivity index (χ1n) is 8.28. The lowest BCUT2D eigenvalue weighted by Gasteiger charge is -2.16. The van der Waals surface area contributed by atoms with Crippen molar-refractivity contribution in [2.24, 2.45) is 0 Å². The van der Waals surface area contributed by atoms with E-state index in [1.165, 1.54) is 10.5 Å². The molecule has 0 atom stereocenters. The molecule has 2 aromatic carbocycles. The lowest BCUT2D eigenvalue weighted by Crippen LogP contribution is -2.33. The number of rotatable bonds is 8. The Bertz CT molecular complexity index is 700. The van der Waals surface area contributed by atoms with Gasteiger partial charge in [-0.3, -0.25) is 9.59 Å². The summed E-state index contributed by atoms with van der Waals surface area (Å²) >= 11 is 0. The van der Waals surface area contributed by atoms with Crippen LogP contribution >= 0.6 is 0 Å². The molecule has 5 heteroatoms. The molecular weight excluding hydrogens is 318 g/mol. The molecule has 0 N–H and O–H groups in total. The van der Waals surface area contributed by atoms with Crippen molar-refractivity contribution in [1.82, 2.24) is 4.90 Å². The molecule has 0 radical (unpaired) electrons. The Morgan fingerprint density at radius 3 is 2.52 bits per heavy atom. The number of benzene rings is 2. The van der Waals surface area contributed by atoms with Crippen LogP contribution in [0.2, 0.25) is 0 Å². The van der Waals surface area contributed by atoms with Crippen molar-refractivity contribution in [3.05, 3.63) is 65.7 Å². The zero-order chi connectivity index (χ0) is 18.1. The molecule has 0 saturated carbocycles. The van der Waals surface area contributed by atoms with Crippen LogP contribution in [0.5, 0.6) is 5.75 Å². The Morgan fingerprint density at radius 2 is 1.80 bits per heavy atom. The summed E-state index contributed by atoms with van der Waals surface area (Å²) < 4.78 is 10.6. The third kappa shape index (κ3) is 5.95. The summed E-state index contributed by atoms with van der Waals surface area (Å²) in [6.45, 7) is 2.48. The van der Waals surface area contributed by atoms with Crippen LogP contribution in [0, 0.1) is 0 Å². The van der Waals surface area contributed by atoms with Crippen molar-refractivity contribution in [3.8, 4) is 5.75 Å². The van der Waals surface area contributed by atoms with Crippen molar-refractivity contribution < 1.29 is 19.1 Å². The van der Waals surface area contributed by atoms with Crippen LogP contribution in [0.4, 0.5) is 0 Å². The summed E-state index contributed by atoms with van der Waals surface area (Å²) in [7, 11) is 1.57. The van der Waals surface area contributed by atoms with E-state index in [0.29, 0.717) is 24.5 Å². The van der Waals surface area contributed by atoms with E-state index in [0.717, 1.165) is 6.42 Å². The van der Waals surface area contributed by atoms with Gasteiger partial charge in [-0.2, -0.15) is 0 Å². The smallest absolute Gasteiger partial charge is 0.325 e. The molecule has 132 valence electrons. The van der Waals surface area contributed by atoms with E-state index < -0.39 is 5.97 Å². The molecule has 0 aliphatic heterocycles. The predicted molar refractivity (Wildman–Crippen MR) is 95.7 cm³/mol. The second-order valence-electron chi connectivity index (χ2n) is 5.58. The third-order valence-corrected chi connectivity index (χ3v) is 3.60. The Balaban J connectivity index is 1.91. The molecule has 0 aliphatic rings. The van der Waals surface area contributed by atoms with Crippen LogP contribution in [0.15, 0.2) is 54.6 Å². The number of amides is 1. The average Bonchev–Trinajstić information content (AvgIpc) is 2.62. The second-order valence-corrected chi connectivity index (χ2v) is 5.58. The molecule has 0 heterocycles. The molecule has 2 aromatic rings. The van der Waals surface area contributed by atoms with Crippen LogP contribution < -0.4 is 4.74 Å². The minimum absolute atomic E-state index is 0.0776. The molecule has 25 heavy (non-hydrogen) atoms. The first kappa shape index (κ1) is 18.5. The van der Waals surface area contributed by atoms with Gasteiger partial charge in [0.05, 0.1) is 13.2 Å². The van der Waals surface area contributed by atoms with Crippen LogP contribution in [0.3, 0.4) is 0 Å². The van der Waals surface area contributed by atoms with Crippen molar-refractivity contribution in [2.45, 2.75) is 13.3 Å². The fourth-order valence-corrected chi connectivity index (χ4v) is 2.34. The lowest BCUT2D eigenvalue weighted by atomic mass is 10.1. The summed E-state index contributed by atoms with van der Waals surface area (Å²) in [6, 6.07) is 17.0. The molecular formula is C20H23NO4. The Hall–Kier alpha value is -2.82. The van der Waals surface area contributed by atoms with E-state index in [2.05, 4.69) is 0 Å². The standard InChI is InChI=1S/C20H23NO4/c1-3-24-19(22)15-21(2)20(23)17-10-7-11-18(14-17)25-13-12-16-8-5-4-6-9-16/h4-11,14H,3,12-13,15H2,1-2H3. The highest BCUT2D eigenvalue weighted by molar-refractivity contribution is 5.96. The molecule has 0 spiro atoms. The highest BCUT2D eigenvalue weighted by Gasteiger charge is 2.16. The van der Waals surface area contributed by atoms with Gasteiger partial charge in [-0.1, -0.05) is 36.4 Å². The molecule has 0 aliphatic carbocycles. The fourth-order valence-electron chi connectivity index (χ4n) is 2.34. The topological polar surface area (TPSA) is 55.8 Å². The summed E-state index contributed by atoms with van der Waals surface area (Å²) in [5, 5.41) is 0. The largest absolute Gasteiger partial charge is 0.493 e. The zero-order valence-corrected chi connectivity index (χ0v) is 14.6. The fraction of sp³-hybridized carbons (Fsp3) is 0.300. The summed E-state index contributed by atoms with van der Waals surface area (Å²) in [6.07, 6.45) is 0.793.